The van der Waals surface area contributed by atoms with Gasteiger partial charge in [0.25, 0.3) is 5.56 Å². The number of rotatable bonds is 2. The van der Waals surface area contributed by atoms with E-state index in [1.807, 2.05) is 6.92 Å². The summed E-state index contributed by atoms with van der Waals surface area (Å²) in [5, 5.41) is 3.14. The smallest absolute Gasteiger partial charge is 0.312 e. The molecule has 112 valence electrons. The van der Waals surface area contributed by atoms with Crippen molar-refractivity contribution < 1.29 is 8.42 Å². The first-order valence-corrected chi connectivity index (χ1v) is 7.69. The molecule has 0 radical (unpaired) electrons. The van der Waals surface area contributed by atoms with Gasteiger partial charge in [-0.2, -0.15) is 4.31 Å². The van der Waals surface area contributed by atoms with Gasteiger partial charge >= 0.3 is 5.69 Å². The summed E-state index contributed by atoms with van der Waals surface area (Å²) in [7, 11) is -1.20. The molecular weight excluding hydrogens is 284 g/mol. The number of piperazine rings is 1. The average molecular weight is 302 g/mol. The number of aromatic nitrogens is 2. The number of aryl methyl sites for hydroxylation is 1. The lowest BCUT2D eigenvalue weighted by Crippen LogP contribution is -2.52. The Morgan fingerprint density at radius 1 is 1.30 bits per heavy atom. The largest absolute Gasteiger partial charge is 0.330 e. The maximum atomic E-state index is 12.5. The highest BCUT2D eigenvalue weighted by Gasteiger charge is 2.31. The molecule has 1 unspecified atom stereocenters. The highest BCUT2D eigenvalue weighted by molar-refractivity contribution is 7.89. The van der Waals surface area contributed by atoms with Crippen molar-refractivity contribution in [3.8, 4) is 0 Å². The molecule has 0 spiro atoms. The molecule has 1 fully saturated rings. The van der Waals surface area contributed by atoms with Gasteiger partial charge in [-0.15, -0.1) is 0 Å². The third-order valence-corrected chi connectivity index (χ3v) is 5.21. The maximum absolute atomic E-state index is 12.5. The van der Waals surface area contributed by atoms with Crippen molar-refractivity contribution >= 4 is 10.0 Å². The van der Waals surface area contributed by atoms with E-state index in [-0.39, 0.29) is 10.9 Å². The van der Waals surface area contributed by atoms with Crippen LogP contribution < -0.4 is 16.6 Å². The molecule has 8 nitrogen and oxygen atoms in total. The Morgan fingerprint density at radius 3 is 2.55 bits per heavy atom. The van der Waals surface area contributed by atoms with Crippen LogP contribution in [0.5, 0.6) is 0 Å². The molecule has 0 aromatic carbocycles. The Balaban J connectivity index is 2.56. The van der Waals surface area contributed by atoms with E-state index < -0.39 is 21.3 Å². The molecule has 1 aliphatic rings. The van der Waals surface area contributed by atoms with Gasteiger partial charge in [0.15, 0.2) is 4.90 Å². The minimum Gasteiger partial charge on any atom is -0.312 e. The van der Waals surface area contributed by atoms with Crippen molar-refractivity contribution in [2.75, 3.05) is 19.6 Å². The molecule has 1 saturated heterocycles. The lowest BCUT2D eigenvalue weighted by Gasteiger charge is -2.30. The molecule has 1 aromatic rings. The second-order valence-corrected chi connectivity index (χ2v) is 6.88. The molecule has 20 heavy (non-hydrogen) atoms. The van der Waals surface area contributed by atoms with Gasteiger partial charge in [0.05, 0.1) is 0 Å². The minimum atomic E-state index is -3.89. The van der Waals surface area contributed by atoms with Crippen LogP contribution in [-0.2, 0) is 24.1 Å². The van der Waals surface area contributed by atoms with Gasteiger partial charge in [0.1, 0.15) is 0 Å². The van der Waals surface area contributed by atoms with Gasteiger partial charge in [-0.05, 0) is 6.92 Å². The van der Waals surface area contributed by atoms with Gasteiger partial charge < -0.3 is 9.88 Å². The lowest BCUT2D eigenvalue weighted by atomic mass is 10.3. The van der Waals surface area contributed by atoms with Gasteiger partial charge in [0, 0.05) is 46.0 Å². The SMILES string of the molecule is CC1CN(S(=O)(=O)c2cn(C)c(=O)n(C)c2=O)CCN1. The van der Waals surface area contributed by atoms with Gasteiger partial charge in [0.2, 0.25) is 10.0 Å². The summed E-state index contributed by atoms with van der Waals surface area (Å²) in [4.78, 5) is 23.3. The van der Waals surface area contributed by atoms with E-state index in [1.165, 1.54) is 18.4 Å². The quantitative estimate of drug-likeness (QED) is 0.686. The number of sulfonamides is 1. The topological polar surface area (TPSA) is 93.4 Å². The van der Waals surface area contributed by atoms with Gasteiger partial charge in [-0.3, -0.25) is 9.36 Å². The van der Waals surface area contributed by atoms with Crippen LogP contribution in [0.2, 0.25) is 0 Å². The molecule has 9 heteroatoms. The van der Waals surface area contributed by atoms with Crippen molar-refractivity contribution in [3.05, 3.63) is 27.0 Å². The molecule has 1 atom stereocenters. The zero-order chi connectivity index (χ0) is 15.1. The van der Waals surface area contributed by atoms with Crippen LogP contribution in [-0.4, -0.2) is 47.5 Å². The van der Waals surface area contributed by atoms with Crippen molar-refractivity contribution in [2.24, 2.45) is 14.1 Å². The third kappa shape index (κ3) is 2.43. The number of hydrogen-bond donors (Lipinski definition) is 1. The minimum absolute atomic E-state index is 0.0231. The van der Waals surface area contributed by atoms with E-state index in [4.69, 9.17) is 0 Å². The van der Waals surface area contributed by atoms with Crippen LogP contribution in [0.15, 0.2) is 20.7 Å². The summed E-state index contributed by atoms with van der Waals surface area (Å²) in [6.07, 6.45) is 1.09. The van der Waals surface area contributed by atoms with Crippen LogP contribution in [0.4, 0.5) is 0 Å². The van der Waals surface area contributed by atoms with E-state index in [1.54, 1.807) is 0 Å². The summed E-state index contributed by atoms with van der Waals surface area (Å²) in [5.41, 5.74) is -1.35. The monoisotopic (exact) mass is 302 g/mol. The zero-order valence-electron chi connectivity index (χ0n) is 11.7. The Bertz CT molecular complexity index is 734. The normalized spacial score (nSPS) is 21.1. The molecule has 0 aliphatic carbocycles. The fraction of sp³-hybridized carbons (Fsp3) is 0.636. The Morgan fingerprint density at radius 2 is 1.95 bits per heavy atom. The first-order chi connectivity index (χ1) is 9.25. The second-order valence-electron chi connectivity index (χ2n) is 4.97. The van der Waals surface area contributed by atoms with Crippen LogP contribution >= 0.6 is 0 Å². The van der Waals surface area contributed by atoms with Crippen molar-refractivity contribution in [1.29, 1.82) is 0 Å². The molecule has 1 N–H and O–H groups in total. The second kappa shape index (κ2) is 5.15. The number of hydrogen-bond acceptors (Lipinski definition) is 5. The Kier molecular flexibility index (Phi) is 3.85. The third-order valence-electron chi connectivity index (χ3n) is 3.36. The van der Waals surface area contributed by atoms with Crippen LogP contribution in [0.3, 0.4) is 0 Å². The number of nitrogens with zero attached hydrogens (tertiary/aromatic N) is 3. The molecule has 1 aliphatic heterocycles. The van der Waals surface area contributed by atoms with E-state index >= 15 is 0 Å². The summed E-state index contributed by atoms with van der Waals surface area (Å²) in [6, 6.07) is 0.0231. The highest BCUT2D eigenvalue weighted by atomic mass is 32.2. The molecule has 0 saturated carbocycles. The molecule has 0 bridgehead atoms. The van der Waals surface area contributed by atoms with E-state index in [0.717, 1.165) is 15.3 Å². The lowest BCUT2D eigenvalue weighted by molar-refractivity contribution is 0.309. The van der Waals surface area contributed by atoms with Crippen molar-refractivity contribution in [2.45, 2.75) is 17.9 Å². The first kappa shape index (κ1) is 14.9. The Labute approximate surface area is 116 Å². The summed E-state index contributed by atoms with van der Waals surface area (Å²) in [6.45, 7) is 3.01. The van der Waals surface area contributed by atoms with E-state index in [9.17, 15) is 18.0 Å². The average Bonchev–Trinajstić information content (AvgIpc) is 2.40. The summed E-state index contributed by atoms with van der Waals surface area (Å²) < 4.78 is 28.3. The molecule has 2 rings (SSSR count). The van der Waals surface area contributed by atoms with Crippen molar-refractivity contribution in [3.63, 3.8) is 0 Å². The molecule has 0 amide bonds. The first-order valence-electron chi connectivity index (χ1n) is 6.25. The van der Waals surface area contributed by atoms with Crippen LogP contribution in [0, 0.1) is 0 Å². The molecular formula is C11H18N4O4S. The predicted octanol–water partition coefficient (Wildman–Crippen LogP) is -1.93. The standard InChI is InChI=1S/C11H18N4O4S/c1-8-6-15(5-4-12-8)20(18,19)9-7-13(2)11(17)14(3)10(9)16/h7-8,12H,4-6H2,1-3H3. The summed E-state index contributed by atoms with van der Waals surface area (Å²) >= 11 is 0. The van der Waals surface area contributed by atoms with Gasteiger partial charge in [-0.25, -0.2) is 13.2 Å². The molecule has 2 heterocycles. The fourth-order valence-corrected chi connectivity index (χ4v) is 3.88. The molecule has 1 aromatic heterocycles. The van der Waals surface area contributed by atoms with Crippen LogP contribution in [0.1, 0.15) is 6.92 Å². The zero-order valence-corrected chi connectivity index (χ0v) is 12.5. The fourth-order valence-electron chi connectivity index (χ4n) is 2.21. The van der Waals surface area contributed by atoms with E-state index in [0.29, 0.717) is 19.6 Å². The summed E-state index contributed by atoms with van der Waals surface area (Å²) in [5.74, 6) is 0. The highest BCUT2D eigenvalue weighted by Crippen LogP contribution is 2.13. The van der Waals surface area contributed by atoms with Crippen molar-refractivity contribution in [1.82, 2.24) is 18.8 Å². The van der Waals surface area contributed by atoms with Crippen LogP contribution in [0.25, 0.3) is 0 Å². The maximum Gasteiger partial charge on any atom is 0.330 e. The Hall–Kier alpha value is -1.45. The van der Waals surface area contributed by atoms with E-state index in [2.05, 4.69) is 5.32 Å². The number of nitrogens with one attached hydrogen (secondary N) is 1. The van der Waals surface area contributed by atoms with Gasteiger partial charge in [-0.1, -0.05) is 0 Å². The predicted molar refractivity (Wildman–Crippen MR) is 73.1 cm³/mol.